The molecule has 0 bridgehead atoms. The van der Waals surface area contributed by atoms with Crippen LogP contribution in [0.4, 0.5) is 0 Å². The summed E-state index contributed by atoms with van der Waals surface area (Å²) in [7, 11) is 1.32. The van der Waals surface area contributed by atoms with Crippen LogP contribution in [-0.4, -0.2) is 34.1 Å². The van der Waals surface area contributed by atoms with Crippen LogP contribution in [0.15, 0.2) is 6.20 Å². The van der Waals surface area contributed by atoms with Crippen molar-refractivity contribution in [3.8, 4) is 0 Å². The first-order chi connectivity index (χ1) is 6.70. The fourth-order valence-electron chi connectivity index (χ4n) is 1.50. The van der Waals surface area contributed by atoms with E-state index >= 15 is 0 Å². The van der Waals surface area contributed by atoms with Gasteiger partial charge in [-0.15, -0.1) is 17.5 Å². The Balaban J connectivity index is 0.00000112. The molecule has 0 saturated heterocycles. The quantitative estimate of drug-likeness (QED) is 0.734. The molecule has 1 aliphatic rings. The van der Waals surface area contributed by atoms with Crippen molar-refractivity contribution in [3.05, 3.63) is 11.9 Å². The van der Waals surface area contributed by atoms with Crippen LogP contribution in [0.3, 0.4) is 0 Å². The molecule has 0 unspecified atom stereocenters. The number of methoxy groups -OCH3 is 1. The van der Waals surface area contributed by atoms with E-state index < -0.39 is 5.97 Å². The highest BCUT2D eigenvalue weighted by Crippen LogP contribution is 2.29. The zero-order chi connectivity index (χ0) is 10.1. The van der Waals surface area contributed by atoms with Gasteiger partial charge in [0.05, 0.1) is 19.3 Å². The number of nitrogens with two attached hydrogens (primary N) is 1. The second-order valence-electron chi connectivity index (χ2n) is 3.46. The van der Waals surface area contributed by atoms with Gasteiger partial charge >= 0.3 is 5.97 Å². The van der Waals surface area contributed by atoms with Crippen LogP contribution in [0, 0.1) is 0 Å². The van der Waals surface area contributed by atoms with E-state index in [1.165, 1.54) is 7.11 Å². The minimum absolute atomic E-state index is 0. The van der Waals surface area contributed by atoms with Gasteiger partial charge in [-0.1, -0.05) is 5.21 Å². The van der Waals surface area contributed by atoms with E-state index in [-0.39, 0.29) is 30.2 Å². The number of nitrogens with zero attached hydrogens (tertiary/aromatic N) is 3. The average Bonchev–Trinajstić information content (AvgIpc) is 2.60. The maximum atomic E-state index is 11.1. The molecule has 84 valence electrons. The normalized spacial score (nSPS) is 23.9. The van der Waals surface area contributed by atoms with E-state index in [1.54, 1.807) is 10.9 Å². The molecule has 0 amide bonds. The zero-order valence-electron chi connectivity index (χ0n) is 8.29. The Hall–Kier alpha value is -1.14. The van der Waals surface area contributed by atoms with E-state index in [0.717, 1.165) is 12.8 Å². The number of carbonyl (C=O) groups excluding carboxylic acids is 1. The average molecular weight is 233 g/mol. The lowest BCUT2D eigenvalue weighted by atomic mass is 9.88. The molecule has 1 aliphatic carbocycles. The highest BCUT2D eigenvalue weighted by Gasteiger charge is 2.29. The van der Waals surface area contributed by atoms with Gasteiger partial charge in [-0.25, -0.2) is 9.48 Å². The third-order valence-corrected chi connectivity index (χ3v) is 2.43. The standard InChI is InChI=1S/C8H12N4O2.ClH/c1-14-8(13)7-4-12(11-10-7)6-2-5(9)3-6;/h4-6H,2-3,9H2,1H3;1H. The number of aromatic nitrogens is 3. The van der Waals surface area contributed by atoms with Gasteiger partial charge in [0.1, 0.15) is 0 Å². The lowest BCUT2D eigenvalue weighted by Gasteiger charge is -2.31. The molecule has 2 rings (SSSR count). The van der Waals surface area contributed by atoms with E-state index in [4.69, 9.17) is 5.73 Å². The van der Waals surface area contributed by atoms with Crippen LogP contribution < -0.4 is 5.73 Å². The number of esters is 1. The molecule has 2 N–H and O–H groups in total. The predicted molar refractivity (Wildman–Crippen MR) is 54.9 cm³/mol. The van der Waals surface area contributed by atoms with Gasteiger partial charge < -0.3 is 10.5 Å². The molecule has 0 aliphatic heterocycles. The highest BCUT2D eigenvalue weighted by atomic mass is 35.5. The molecule has 15 heavy (non-hydrogen) atoms. The minimum atomic E-state index is -0.458. The first kappa shape index (κ1) is 11.9. The van der Waals surface area contributed by atoms with E-state index in [1.807, 2.05) is 0 Å². The van der Waals surface area contributed by atoms with Crippen LogP contribution in [0.2, 0.25) is 0 Å². The molecule has 7 heteroatoms. The summed E-state index contributed by atoms with van der Waals surface area (Å²) in [5, 5.41) is 7.56. The second kappa shape index (κ2) is 4.59. The molecule has 0 radical (unpaired) electrons. The Labute approximate surface area is 93.2 Å². The molecule has 0 spiro atoms. The van der Waals surface area contributed by atoms with E-state index in [2.05, 4.69) is 15.0 Å². The summed E-state index contributed by atoms with van der Waals surface area (Å²) in [6.07, 6.45) is 3.39. The van der Waals surface area contributed by atoms with Crippen molar-refractivity contribution in [1.82, 2.24) is 15.0 Å². The Bertz CT molecular complexity index is 348. The van der Waals surface area contributed by atoms with Crippen molar-refractivity contribution in [2.24, 2.45) is 5.73 Å². The summed E-state index contributed by atoms with van der Waals surface area (Å²) in [6.45, 7) is 0. The second-order valence-corrected chi connectivity index (χ2v) is 3.46. The molecule has 1 saturated carbocycles. The van der Waals surface area contributed by atoms with Gasteiger partial charge in [0.2, 0.25) is 0 Å². The third kappa shape index (κ3) is 2.27. The van der Waals surface area contributed by atoms with Crippen molar-refractivity contribution in [2.45, 2.75) is 24.9 Å². The van der Waals surface area contributed by atoms with Gasteiger partial charge in [0.25, 0.3) is 0 Å². The van der Waals surface area contributed by atoms with Crippen molar-refractivity contribution in [1.29, 1.82) is 0 Å². The monoisotopic (exact) mass is 232 g/mol. The lowest BCUT2D eigenvalue weighted by Crippen LogP contribution is -2.37. The molecule has 1 fully saturated rings. The molecule has 1 aromatic rings. The Kier molecular flexibility index (Phi) is 3.65. The molecule has 1 heterocycles. The van der Waals surface area contributed by atoms with Crippen molar-refractivity contribution in [2.75, 3.05) is 7.11 Å². The SMILES string of the molecule is COC(=O)c1cn(C2CC(N)C2)nn1.Cl. The van der Waals surface area contributed by atoms with Crippen LogP contribution in [-0.2, 0) is 4.74 Å². The van der Waals surface area contributed by atoms with Gasteiger partial charge in [0.15, 0.2) is 5.69 Å². The fraction of sp³-hybridized carbons (Fsp3) is 0.625. The molecular formula is C8H13ClN4O2. The van der Waals surface area contributed by atoms with Crippen LogP contribution in [0.1, 0.15) is 29.4 Å². The van der Waals surface area contributed by atoms with Crippen molar-refractivity contribution >= 4 is 18.4 Å². The van der Waals surface area contributed by atoms with Crippen molar-refractivity contribution in [3.63, 3.8) is 0 Å². The van der Waals surface area contributed by atoms with Gasteiger partial charge in [-0.2, -0.15) is 0 Å². The first-order valence-electron chi connectivity index (χ1n) is 4.46. The fourth-order valence-corrected chi connectivity index (χ4v) is 1.50. The predicted octanol–water partition coefficient (Wildman–Crippen LogP) is 0.149. The lowest BCUT2D eigenvalue weighted by molar-refractivity contribution is 0.0594. The van der Waals surface area contributed by atoms with Gasteiger partial charge in [-0.05, 0) is 12.8 Å². The summed E-state index contributed by atoms with van der Waals surface area (Å²) in [5.74, 6) is -0.458. The third-order valence-electron chi connectivity index (χ3n) is 2.43. The minimum Gasteiger partial charge on any atom is -0.464 e. The number of rotatable bonds is 2. The summed E-state index contributed by atoms with van der Waals surface area (Å²) >= 11 is 0. The summed E-state index contributed by atoms with van der Waals surface area (Å²) < 4.78 is 6.20. The number of ether oxygens (including phenoxy) is 1. The van der Waals surface area contributed by atoms with Crippen LogP contribution in [0.5, 0.6) is 0 Å². The topological polar surface area (TPSA) is 83.0 Å². The summed E-state index contributed by atoms with van der Waals surface area (Å²) in [4.78, 5) is 11.1. The van der Waals surface area contributed by atoms with Crippen LogP contribution >= 0.6 is 12.4 Å². The molecule has 0 atom stereocenters. The van der Waals surface area contributed by atoms with E-state index in [0.29, 0.717) is 0 Å². The Morgan fingerprint density at radius 2 is 2.33 bits per heavy atom. The first-order valence-corrected chi connectivity index (χ1v) is 4.46. The number of hydrogen-bond donors (Lipinski definition) is 1. The zero-order valence-corrected chi connectivity index (χ0v) is 9.11. The Morgan fingerprint density at radius 3 is 2.87 bits per heavy atom. The molecule has 6 nitrogen and oxygen atoms in total. The maximum absolute atomic E-state index is 11.1. The highest BCUT2D eigenvalue weighted by molar-refractivity contribution is 5.86. The Morgan fingerprint density at radius 1 is 1.67 bits per heavy atom. The molecular weight excluding hydrogens is 220 g/mol. The summed E-state index contributed by atoms with van der Waals surface area (Å²) in [5.41, 5.74) is 5.89. The van der Waals surface area contributed by atoms with Crippen LogP contribution in [0.25, 0.3) is 0 Å². The van der Waals surface area contributed by atoms with Gasteiger partial charge in [0, 0.05) is 6.04 Å². The number of hydrogen-bond acceptors (Lipinski definition) is 5. The largest absolute Gasteiger partial charge is 0.464 e. The molecule has 0 aromatic carbocycles. The van der Waals surface area contributed by atoms with E-state index in [9.17, 15) is 4.79 Å². The molecule has 1 aromatic heterocycles. The maximum Gasteiger partial charge on any atom is 0.360 e. The summed E-state index contributed by atoms with van der Waals surface area (Å²) in [6, 6.07) is 0.543. The van der Waals surface area contributed by atoms with Gasteiger partial charge in [-0.3, -0.25) is 0 Å². The number of halogens is 1. The smallest absolute Gasteiger partial charge is 0.360 e. The van der Waals surface area contributed by atoms with Crippen molar-refractivity contribution < 1.29 is 9.53 Å². The number of carbonyl (C=O) groups is 1.